The Morgan fingerprint density at radius 2 is 1.68 bits per heavy atom. The van der Waals surface area contributed by atoms with Gasteiger partial charge in [-0.1, -0.05) is 23.7 Å². The number of nitrogen functional groups attached to an aromatic ring is 1. The second kappa shape index (κ2) is 3.83. The number of halogens is 1. The van der Waals surface area contributed by atoms with Crippen LogP contribution < -0.4 is 5.73 Å². The highest BCUT2D eigenvalue weighted by Crippen LogP contribution is 2.38. The van der Waals surface area contributed by atoms with Crippen molar-refractivity contribution in [1.29, 1.82) is 0 Å². The standard InChI is InChI=1S/C14H8ClNO3/c15-7-4-5-9(17)12-11(7)13(18)6-2-1-3-8(16)10(6)14(12)19/h1-5,17H,16H2. The molecule has 0 bridgehead atoms. The van der Waals surface area contributed by atoms with Gasteiger partial charge in [0.1, 0.15) is 5.75 Å². The number of fused-ring (bicyclic) bond motifs is 2. The first-order valence-corrected chi connectivity index (χ1v) is 5.89. The molecule has 0 amide bonds. The topological polar surface area (TPSA) is 80.4 Å². The molecule has 19 heavy (non-hydrogen) atoms. The second-order valence-electron chi connectivity index (χ2n) is 4.24. The predicted octanol–water partition coefficient (Wildman–Crippen LogP) is 2.40. The van der Waals surface area contributed by atoms with Gasteiger partial charge in [-0.05, 0) is 18.2 Å². The molecule has 0 unspecified atom stereocenters. The van der Waals surface area contributed by atoms with Crippen LogP contribution in [0.4, 0.5) is 5.69 Å². The van der Waals surface area contributed by atoms with Gasteiger partial charge in [-0.2, -0.15) is 0 Å². The van der Waals surface area contributed by atoms with Crippen molar-refractivity contribution >= 4 is 28.9 Å². The van der Waals surface area contributed by atoms with Gasteiger partial charge in [-0.3, -0.25) is 9.59 Å². The number of anilines is 1. The Kier molecular flexibility index (Phi) is 2.37. The summed E-state index contributed by atoms with van der Waals surface area (Å²) < 4.78 is 0. The average Bonchev–Trinajstić information content (AvgIpc) is 2.38. The summed E-state index contributed by atoms with van der Waals surface area (Å²) in [5.74, 6) is -1.16. The van der Waals surface area contributed by atoms with Gasteiger partial charge < -0.3 is 10.8 Å². The minimum Gasteiger partial charge on any atom is -0.507 e. The number of hydrogen-bond donors (Lipinski definition) is 2. The van der Waals surface area contributed by atoms with Crippen molar-refractivity contribution in [1.82, 2.24) is 0 Å². The molecule has 2 aromatic rings. The summed E-state index contributed by atoms with van der Waals surface area (Å²) in [5, 5.41) is 9.95. The molecule has 3 N–H and O–H groups in total. The lowest BCUT2D eigenvalue weighted by molar-refractivity contribution is 0.0977. The molecule has 5 heteroatoms. The number of phenols is 1. The zero-order valence-corrected chi connectivity index (χ0v) is 10.4. The number of nitrogens with two attached hydrogens (primary N) is 1. The number of phenolic OH excluding ortho intramolecular Hbond substituents is 1. The number of carbonyl (C=O) groups is 2. The summed E-state index contributed by atoms with van der Waals surface area (Å²) in [4.78, 5) is 24.8. The second-order valence-corrected chi connectivity index (χ2v) is 4.65. The van der Waals surface area contributed by atoms with E-state index in [0.717, 1.165) is 0 Å². The highest BCUT2D eigenvalue weighted by Gasteiger charge is 2.34. The van der Waals surface area contributed by atoms with Gasteiger partial charge in [-0.15, -0.1) is 0 Å². The SMILES string of the molecule is Nc1cccc2c1C(=O)c1c(O)ccc(Cl)c1C2=O. The van der Waals surface area contributed by atoms with E-state index in [1.807, 2.05) is 0 Å². The van der Waals surface area contributed by atoms with E-state index in [0.29, 0.717) is 0 Å². The summed E-state index contributed by atoms with van der Waals surface area (Å²) in [6.07, 6.45) is 0. The first-order chi connectivity index (χ1) is 9.02. The Labute approximate surface area is 113 Å². The fourth-order valence-electron chi connectivity index (χ4n) is 2.29. The van der Waals surface area contributed by atoms with Crippen LogP contribution in [0, 0.1) is 0 Å². The number of ketones is 2. The predicted molar refractivity (Wildman–Crippen MR) is 70.8 cm³/mol. The van der Waals surface area contributed by atoms with Gasteiger partial charge in [0.15, 0.2) is 11.6 Å². The summed E-state index contributed by atoms with van der Waals surface area (Å²) >= 11 is 5.97. The van der Waals surface area contributed by atoms with Crippen LogP contribution in [-0.4, -0.2) is 16.7 Å². The molecule has 0 aliphatic heterocycles. The Morgan fingerprint density at radius 3 is 2.42 bits per heavy atom. The molecular weight excluding hydrogens is 266 g/mol. The average molecular weight is 274 g/mol. The third-order valence-electron chi connectivity index (χ3n) is 3.15. The third-order valence-corrected chi connectivity index (χ3v) is 3.47. The largest absolute Gasteiger partial charge is 0.507 e. The van der Waals surface area contributed by atoms with E-state index < -0.39 is 11.6 Å². The zero-order valence-electron chi connectivity index (χ0n) is 9.61. The Balaban J connectivity index is 2.43. The molecule has 0 saturated heterocycles. The fraction of sp³-hybridized carbons (Fsp3) is 0. The maximum atomic E-state index is 12.4. The number of hydrogen-bond acceptors (Lipinski definition) is 4. The van der Waals surface area contributed by atoms with Crippen LogP contribution in [0.3, 0.4) is 0 Å². The molecule has 1 aliphatic carbocycles. The van der Waals surface area contributed by atoms with Gasteiger partial charge in [0.25, 0.3) is 0 Å². The zero-order chi connectivity index (χ0) is 13.7. The maximum absolute atomic E-state index is 12.4. The minimum atomic E-state index is -0.484. The molecule has 0 spiro atoms. The molecule has 0 aromatic heterocycles. The van der Waals surface area contributed by atoms with E-state index in [-0.39, 0.29) is 38.7 Å². The smallest absolute Gasteiger partial charge is 0.200 e. The quantitative estimate of drug-likeness (QED) is 0.616. The number of carbonyl (C=O) groups excluding carboxylic acids is 2. The Bertz CT molecular complexity index is 753. The highest BCUT2D eigenvalue weighted by atomic mass is 35.5. The lowest BCUT2D eigenvalue weighted by Crippen LogP contribution is -2.22. The van der Waals surface area contributed by atoms with E-state index in [4.69, 9.17) is 17.3 Å². The molecule has 3 rings (SSSR count). The summed E-state index contributed by atoms with van der Waals surface area (Å²) in [7, 11) is 0. The Hall–Kier alpha value is -2.33. The van der Waals surface area contributed by atoms with Gasteiger partial charge in [-0.25, -0.2) is 0 Å². The number of benzene rings is 2. The van der Waals surface area contributed by atoms with Gasteiger partial charge in [0.2, 0.25) is 0 Å². The molecule has 0 heterocycles. The first-order valence-electron chi connectivity index (χ1n) is 5.51. The number of rotatable bonds is 0. The van der Waals surface area contributed by atoms with Crippen LogP contribution >= 0.6 is 11.6 Å². The molecule has 94 valence electrons. The fourth-order valence-corrected chi connectivity index (χ4v) is 2.53. The minimum absolute atomic E-state index is 0.0322. The van der Waals surface area contributed by atoms with Crippen molar-refractivity contribution in [2.45, 2.75) is 0 Å². The molecule has 4 nitrogen and oxygen atoms in total. The summed E-state index contributed by atoms with van der Waals surface area (Å²) in [6, 6.07) is 7.33. The normalized spacial score (nSPS) is 13.1. The highest BCUT2D eigenvalue weighted by molar-refractivity contribution is 6.40. The van der Waals surface area contributed by atoms with Gasteiger partial charge >= 0.3 is 0 Å². The monoisotopic (exact) mass is 273 g/mol. The van der Waals surface area contributed by atoms with Crippen molar-refractivity contribution in [3.05, 3.63) is 57.6 Å². The van der Waals surface area contributed by atoms with Crippen LogP contribution in [0.15, 0.2) is 30.3 Å². The van der Waals surface area contributed by atoms with Crippen LogP contribution in [0.2, 0.25) is 5.02 Å². The number of aromatic hydroxyl groups is 1. The van der Waals surface area contributed by atoms with Crippen LogP contribution in [0.5, 0.6) is 5.75 Å². The van der Waals surface area contributed by atoms with E-state index in [9.17, 15) is 14.7 Å². The van der Waals surface area contributed by atoms with Crippen LogP contribution in [0.25, 0.3) is 0 Å². The van der Waals surface area contributed by atoms with Crippen LogP contribution in [-0.2, 0) is 0 Å². The van der Waals surface area contributed by atoms with Crippen LogP contribution in [0.1, 0.15) is 31.8 Å². The summed E-state index contributed by atoms with van der Waals surface area (Å²) in [5.41, 5.74) is 6.25. The molecule has 0 radical (unpaired) electrons. The first kappa shape index (κ1) is 11.7. The Morgan fingerprint density at radius 1 is 0.947 bits per heavy atom. The summed E-state index contributed by atoms with van der Waals surface area (Å²) in [6.45, 7) is 0. The van der Waals surface area contributed by atoms with Crippen molar-refractivity contribution < 1.29 is 14.7 Å². The van der Waals surface area contributed by atoms with Crippen molar-refractivity contribution in [2.24, 2.45) is 0 Å². The molecule has 0 fully saturated rings. The van der Waals surface area contributed by atoms with Crippen molar-refractivity contribution in [3.63, 3.8) is 0 Å². The van der Waals surface area contributed by atoms with Gasteiger partial charge in [0, 0.05) is 11.3 Å². The van der Waals surface area contributed by atoms with E-state index >= 15 is 0 Å². The third kappa shape index (κ3) is 1.47. The van der Waals surface area contributed by atoms with Crippen molar-refractivity contribution in [2.75, 3.05) is 5.73 Å². The molecule has 0 saturated carbocycles. The van der Waals surface area contributed by atoms with Crippen molar-refractivity contribution in [3.8, 4) is 5.75 Å². The van der Waals surface area contributed by atoms with E-state index in [2.05, 4.69) is 0 Å². The molecular formula is C14H8ClNO3. The lowest BCUT2D eigenvalue weighted by atomic mass is 9.83. The van der Waals surface area contributed by atoms with Gasteiger partial charge in [0.05, 0.1) is 21.7 Å². The molecule has 0 atom stereocenters. The maximum Gasteiger partial charge on any atom is 0.200 e. The molecule has 1 aliphatic rings. The van der Waals surface area contributed by atoms with E-state index in [1.165, 1.54) is 24.3 Å². The molecule has 2 aromatic carbocycles. The van der Waals surface area contributed by atoms with E-state index in [1.54, 1.807) is 6.07 Å². The lowest BCUT2D eigenvalue weighted by Gasteiger charge is -2.20.